The minimum absolute atomic E-state index is 0.566. The van der Waals surface area contributed by atoms with Crippen molar-refractivity contribution in [3.05, 3.63) is 64.1 Å². The Morgan fingerprint density at radius 2 is 1.61 bits per heavy atom. The Balaban J connectivity index is 1.95. The highest BCUT2D eigenvalue weighted by atomic mass is 35.5. The van der Waals surface area contributed by atoms with Crippen LogP contribution in [-0.4, -0.2) is 37.0 Å². The first-order valence-corrected chi connectivity index (χ1v) is 8.38. The van der Waals surface area contributed by atoms with Gasteiger partial charge < -0.3 is 9.64 Å². The molecule has 2 aromatic rings. The number of nitrogens with zero attached hydrogens (tertiary/aromatic N) is 2. The van der Waals surface area contributed by atoms with E-state index in [0.717, 1.165) is 25.3 Å². The SMILES string of the molecule is Clc1cccc(Cl)c1N=C(Cc1ccccc1)N1CCOCC1. The zero-order valence-electron chi connectivity index (χ0n) is 12.7. The van der Waals surface area contributed by atoms with Gasteiger partial charge >= 0.3 is 0 Å². The van der Waals surface area contributed by atoms with Crippen LogP contribution in [-0.2, 0) is 11.2 Å². The summed E-state index contributed by atoms with van der Waals surface area (Å²) in [6.45, 7) is 3.08. The lowest BCUT2D eigenvalue weighted by atomic mass is 10.1. The van der Waals surface area contributed by atoms with Crippen LogP contribution in [0.5, 0.6) is 0 Å². The molecule has 5 heteroatoms. The molecule has 0 amide bonds. The van der Waals surface area contributed by atoms with E-state index in [-0.39, 0.29) is 0 Å². The average molecular weight is 349 g/mol. The van der Waals surface area contributed by atoms with Crippen LogP contribution < -0.4 is 0 Å². The van der Waals surface area contributed by atoms with Crippen LogP contribution in [0.25, 0.3) is 0 Å². The average Bonchev–Trinajstić information content (AvgIpc) is 2.59. The lowest BCUT2D eigenvalue weighted by molar-refractivity contribution is 0.0674. The summed E-state index contributed by atoms with van der Waals surface area (Å²) in [5.41, 5.74) is 1.84. The van der Waals surface area contributed by atoms with E-state index in [1.54, 1.807) is 0 Å². The molecule has 0 spiro atoms. The van der Waals surface area contributed by atoms with E-state index >= 15 is 0 Å². The Morgan fingerprint density at radius 3 is 2.26 bits per heavy atom. The van der Waals surface area contributed by atoms with E-state index in [2.05, 4.69) is 17.0 Å². The van der Waals surface area contributed by atoms with Crippen molar-refractivity contribution >= 4 is 34.7 Å². The summed E-state index contributed by atoms with van der Waals surface area (Å²) in [5, 5.41) is 1.13. The van der Waals surface area contributed by atoms with Gasteiger partial charge in [-0.2, -0.15) is 0 Å². The molecule has 1 fully saturated rings. The number of hydrogen-bond acceptors (Lipinski definition) is 2. The molecule has 0 radical (unpaired) electrons. The van der Waals surface area contributed by atoms with E-state index in [1.807, 2.05) is 36.4 Å². The van der Waals surface area contributed by atoms with Gasteiger partial charge in [0.25, 0.3) is 0 Å². The van der Waals surface area contributed by atoms with E-state index in [1.165, 1.54) is 5.56 Å². The third kappa shape index (κ3) is 4.25. The second-order valence-electron chi connectivity index (χ2n) is 5.36. The third-order valence-electron chi connectivity index (χ3n) is 3.76. The molecular weight excluding hydrogens is 331 g/mol. The van der Waals surface area contributed by atoms with Crippen molar-refractivity contribution in [2.24, 2.45) is 4.99 Å². The summed E-state index contributed by atoms with van der Waals surface area (Å²) in [4.78, 5) is 7.05. The van der Waals surface area contributed by atoms with Crippen molar-refractivity contribution in [3.63, 3.8) is 0 Å². The van der Waals surface area contributed by atoms with E-state index in [4.69, 9.17) is 32.9 Å². The molecule has 0 atom stereocenters. The van der Waals surface area contributed by atoms with Crippen LogP contribution in [0.4, 0.5) is 5.69 Å². The molecule has 23 heavy (non-hydrogen) atoms. The lowest BCUT2D eigenvalue weighted by Crippen LogP contribution is -2.41. The van der Waals surface area contributed by atoms with Gasteiger partial charge in [-0.05, 0) is 17.7 Å². The van der Waals surface area contributed by atoms with Gasteiger partial charge in [-0.15, -0.1) is 0 Å². The highest BCUT2D eigenvalue weighted by molar-refractivity contribution is 6.38. The fourth-order valence-corrected chi connectivity index (χ4v) is 3.03. The van der Waals surface area contributed by atoms with Crippen molar-refractivity contribution in [2.75, 3.05) is 26.3 Å². The summed E-state index contributed by atoms with van der Waals surface area (Å²) < 4.78 is 5.45. The number of halogens is 2. The minimum Gasteiger partial charge on any atom is -0.378 e. The Kier molecular flexibility index (Phi) is 5.55. The van der Waals surface area contributed by atoms with Crippen LogP contribution in [0.15, 0.2) is 53.5 Å². The molecule has 2 aromatic carbocycles. The predicted molar refractivity (Wildman–Crippen MR) is 96.1 cm³/mol. The normalized spacial score (nSPS) is 15.7. The number of rotatable bonds is 3. The largest absolute Gasteiger partial charge is 0.378 e. The molecule has 0 unspecified atom stereocenters. The topological polar surface area (TPSA) is 24.8 Å². The Bertz CT molecular complexity index is 662. The molecular formula is C18H18Cl2N2O. The fraction of sp³-hybridized carbons (Fsp3) is 0.278. The summed E-state index contributed by atoms with van der Waals surface area (Å²) in [7, 11) is 0. The number of hydrogen-bond donors (Lipinski definition) is 0. The van der Waals surface area contributed by atoms with Crippen molar-refractivity contribution < 1.29 is 4.74 Å². The van der Waals surface area contributed by atoms with Gasteiger partial charge in [0.2, 0.25) is 0 Å². The monoisotopic (exact) mass is 348 g/mol. The molecule has 0 bridgehead atoms. The molecule has 1 saturated heterocycles. The summed E-state index contributed by atoms with van der Waals surface area (Å²) >= 11 is 12.6. The zero-order chi connectivity index (χ0) is 16.1. The second-order valence-corrected chi connectivity index (χ2v) is 6.17. The predicted octanol–water partition coefficient (Wildman–Crippen LogP) is 4.60. The van der Waals surface area contributed by atoms with Crippen molar-refractivity contribution in [1.82, 2.24) is 4.90 Å². The highest BCUT2D eigenvalue weighted by Crippen LogP contribution is 2.33. The molecule has 0 N–H and O–H groups in total. The second kappa shape index (κ2) is 7.82. The summed E-state index contributed by atoms with van der Waals surface area (Å²) in [6, 6.07) is 15.7. The minimum atomic E-state index is 0.566. The number of morpholine rings is 1. The highest BCUT2D eigenvalue weighted by Gasteiger charge is 2.17. The van der Waals surface area contributed by atoms with Gasteiger partial charge in [-0.3, -0.25) is 0 Å². The lowest BCUT2D eigenvalue weighted by Gasteiger charge is -2.30. The number of amidine groups is 1. The molecule has 3 rings (SSSR count). The molecule has 1 aliphatic rings. The molecule has 3 nitrogen and oxygen atoms in total. The first kappa shape index (κ1) is 16.3. The van der Waals surface area contributed by atoms with Gasteiger partial charge in [-0.1, -0.05) is 59.6 Å². The molecule has 1 heterocycles. The number of para-hydroxylation sites is 1. The van der Waals surface area contributed by atoms with Gasteiger partial charge in [-0.25, -0.2) is 4.99 Å². The van der Waals surface area contributed by atoms with Crippen LogP contribution >= 0.6 is 23.2 Å². The van der Waals surface area contributed by atoms with Crippen LogP contribution in [0.2, 0.25) is 10.0 Å². The van der Waals surface area contributed by atoms with Gasteiger partial charge in [0.05, 0.1) is 23.3 Å². The summed E-state index contributed by atoms with van der Waals surface area (Å²) in [6.07, 6.45) is 0.738. The number of benzene rings is 2. The Labute approximate surface area is 146 Å². The van der Waals surface area contributed by atoms with Gasteiger partial charge in [0, 0.05) is 19.5 Å². The van der Waals surface area contributed by atoms with Crippen LogP contribution in [0.3, 0.4) is 0 Å². The first-order chi connectivity index (χ1) is 11.2. The number of aliphatic imine (C=N–C) groups is 1. The molecule has 0 saturated carbocycles. The molecule has 1 aliphatic heterocycles. The van der Waals surface area contributed by atoms with E-state index in [0.29, 0.717) is 28.9 Å². The van der Waals surface area contributed by atoms with Crippen LogP contribution in [0.1, 0.15) is 5.56 Å². The standard InChI is InChI=1S/C18H18Cl2N2O/c19-15-7-4-8-16(20)18(15)21-17(22-9-11-23-12-10-22)13-14-5-2-1-3-6-14/h1-8H,9-13H2. The smallest absolute Gasteiger partial charge is 0.109 e. The van der Waals surface area contributed by atoms with E-state index < -0.39 is 0 Å². The molecule has 0 aliphatic carbocycles. The van der Waals surface area contributed by atoms with Crippen LogP contribution in [0, 0.1) is 0 Å². The quantitative estimate of drug-likeness (QED) is 0.598. The van der Waals surface area contributed by atoms with Crippen molar-refractivity contribution in [1.29, 1.82) is 0 Å². The maximum absolute atomic E-state index is 6.28. The Morgan fingerprint density at radius 1 is 0.957 bits per heavy atom. The fourth-order valence-electron chi connectivity index (χ4n) is 2.55. The maximum atomic E-state index is 6.28. The van der Waals surface area contributed by atoms with Gasteiger partial charge in [0.1, 0.15) is 11.5 Å². The molecule has 120 valence electrons. The molecule has 0 aromatic heterocycles. The van der Waals surface area contributed by atoms with E-state index in [9.17, 15) is 0 Å². The first-order valence-electron chi connectivity index (χ1n) is 7.62. The van der Waals surface area contributed by atoms with Gasteiger partial charge in [0.15, 0.2) is 0 Å². The summed E-state index contributed by atoms with van der Waals surface area (Å²) in [5.74, 6) is 0.967. The Hall–Kier alpha value is -1.55. The van der Waals surface area contributed by atoms with Crippen molar-refractivity contribution in [2.45, 2.75) is 6.42 Å². The zero-order valence-corrected chi connectivity index (χ0v) is 14.2. The number of ether oxygens (including phenoxy) is 1. The maximum Gasteiger partial charge on any atom is 0.109 e. The van der Waals surface area contributed by atoms with Crippen molar-refractivity contribution in [3.8, 4) is 0 Å². The third-order valence-corrected chi connectivity index (χ3v) is 4.37.